The lowest BCUT2D eigenvalue weighted by molar-refractivity contribution is -0.366. The first-order valence-electron chi connectivity index (χ1n) is 10.8. The number of hydrogen-bond acceptors (Lipinski definition) is 12. The third-order valence-electron chi connectivity index (χ3n) is 5.88. The molecule has 196 valence electrons. The first kappa shape index (κ1) is 27.3. The van der Waals surface area contributed by atoms with Gasteiger partial charge in [0.2, 0.25) is 5.91 Å². The number of benzene rings is 1. The Bertz CT molecular complexity index is 875. The summed E-state index contributed by atoms with van der Waals surface area (Å²) < 4.78 is 16.1. The van der Waals surface area contributed by atoms with Crippen LogP contribution in [0.3, 0.4) is 0 Å². The number of ether oxygens (including phenoxy) is 3. The Balaban J connectivity index is 1.86. The maximum absolute atomic E-state index is 12.6. The predicted molar refractivity (Wildman–Crippen MR) is 113 cm³/mol. The van der Waals surface area contributed by atoms with Crippen LogP contribution in [0, 0.1) is 0 Å². The van der Waals surface area contributed by atoms with Crippen LogP contribution < -0.4 is 10.6 Å². The maximum Gasteiger partial charge on any atom is 0.253 e. The van der Waals surface area contributed by atoms with E-state index >= 15 is 0 Å². The lowest BCUT2D eigenvalue weighted by atomic mass is 9.90. The zero-order valence-corrected chi connectivity index (χ0v) is 18.7. The van der Waals surface area contributed by atoms with E-state index in [-0.39, 0.29) is 5.56 Å². The van der Waals surface area contributed by atoms with Gasteiger partial charge in [-0.1, -0.05) is 18.2 Å². The van der Waals surface area contributed by atoms with Gasteiger partial charge in [0.05, 0.1) is 13.2 Å². The van der Waals surface area contributed by atoms with Crippen molar-refractivity contribution in [2.75, 3.05) is 13.2 Å². The van der Waals surface area contributed by atoms with Crippen molar-refractivity contribution in [1.82, 2.24) is 10.6 Å². The fraction of sp³-hybridized carbons (Fsp3) is 0.619. The van der Waals surface area contributed by atoms with Crippen LogP contribution in [-0.4, -0.2) is 122 Å². The van der Waals surface area contributed by atoms with E-state index in [4.69, 9.17) is 14.2 Å². The molecular formula is C21H30N2O12. The van der Waals surface area contributed by atoms with Gasteiger partial charge in [0.25, 0.3) is 5.91 Å². The van der Waals surface area contributed by atoms with Crippen molar-refractivity contribution in [3.05, 3.63) is 35.9 Å². The van der Waals surface area contributed by atoms with E-state index < -0.39 is 86.0 Å². The zero-order chi connectivity index (χ0) is 25.9. The van der Waals surface area contributed by atoms with Crippen molar-refractivity contribution in [1.29, 1.82) is 0 Å². The molecule has 2 fully saturated rings. The van der Waals surface area contributed by atoms with Gasteiger partial charge in [-0.05, 0) is 12.1 Å². The molecule has 0 radical (unpaired) electrons. The summed E-state index contributed by atoms with van der Waals surface area (Å²) in [5.41, 5.74) is -2.69. The highest BCUT2D eigenvalue weighted by atomic mass is 16.7. The number of amides is 2. The second-order valence-electron chi connectivity index (χ2n) is 8.33. The quantitative estimate of drug-likeness (QED) is 0.161. The van der Waals surface area contributed by atoms with Crippen LogP contribution in [0.1, 0.15) is 17.3 Å². The molecule has 1 aromatic rings. The Labute approximate surface area is 199 Å². The summed E-state index contributed by atoms with van der Waals surface area (Å²) in [6.45, 7) is -0.503. The van der Waals surface area contributed by atoms with Crippen LogP contribution in [0.5, 0.6) is 0 Å². The Kier molecular flexibility index (Phi) is 8.76. The van der Waals surface area contributed by atoms with E-state index in [0.29, 0.717) is 0 Å². The van der Waals surface area contributed by atoms with Gasteiger partial charge in [0.15, 0.2) is 24.4 Å². The molecule has 1 unspecified atom stereocenters. The largest absolute Gasteiger partial charge is 0.394 e. The van der Waals surface area contributed by atoms with Crippen molar-refractivity contribution in [3.8, 4) is 0 Å². The van der Waals surface area contributed by atoms with Crippen molar-refractivity contribution in [3.63, 3.8) is 0 Å². The topological polar surface area (TPSA) is 227 Å². The highest BCUT2D eigenvalue weighted by Gasteiger charge is 2.58. The van der Waals surface area contributed by atoms with Crippen LogP contribution in [0.15, 0.2) is 30.3 Å². The SMILES string of the molecule is CC(=O)N[C@H]1C(O)O[C@H](CO)[C@@H](O[C@@H]2O[C@H](CO)[C@H](O)[C@@](O)(NC(=O)c3ccccc3)[C@H]2O)[C@@H]1O. The van der Waals surface area contributed by atoms with E-state index in [1.807, 2.05) is 0 Å². The van der Waals surface area contributed by atoms with Crippen LogP contribution in [-0.2, 0) is 19.0 Å². The van der Waals surface area contributed by atoms with E-state index in [2.05, 4.69) is 10.6 Å². The van der Waals surface area contributed by atoms with Crippen LogP contribution in [0.4, 0.5) is 0 Å². The van der Waals surface area contributed by atoms with Gasteiger partial charge in [-0.3, -0.25) is 9.59 Å². The molecule has 0 bridgehead atoms. The number of carbonyl (C=O) groups excluding carboxylic acids is 2. The van der Waals surface area contributed by atoms with Crippen molar-refractivity contribution in [2.24, 2.45) is 0 Å². The Morgan fingerprint density at radius 2 is 1.63 bits per heavy atom. The van der Waals surface area contributed by atoms with Gasteiger partial charge < -0.3 is 60.6 Å². The van der Waals surface area contributed by atoms with E-state index in [9.17, 15) is 45.3 Å². The van der Waals surface area contributed by atoms with Crippen molar-refractivity contribution in [2.45, 2.75) is 67.9 Å². The normalized spacial score (nSPS) is 39.6. The van der Waals surface area contributed by atoms with Crippen LogP contribution in [0.25, 0.3) is 0 Å². The van der Waals surface area contributed by atoms with Gasteiger partial charge in [-0.15, -0.1) is 0 Å². The number of nitrogens with one attached hydrogen (secondary N) is 2. The minimum Gasteiger partial charge on any atom is -0.394 e. The Morgan fingerprint density at radius 1 is 1.00 bits per heavy atom. The molecule has 14 heteroatoms. The standard InChI is InChI=1S/C21H30N2O12/c1-9(26)22-13-14(27)15(11(7-24)33-19(13)31)35-20-17(29)21(32,16(28)12(8-25)34-20)23-18(30)10-5-3-2-4-6-10/h2-6,11-17,19-20,24-25,27-29,31-32H,7-8H2,1H3,(H,22,26)(H,23,30)/t11-,12-,13-,14-,15-,16+,17+,19?,20+,21+/m1/s1. The zero-order valence-electron chi connectivity index (χ0n) is 18.7. The van der Waals surface area contributed by atoms with Crippen molar-refractivity contribution < 1.29 is 59.5 Å². The van der Waals surface area contributed by atoms with Crippen molar-refractivity contribution >= 4 is 11.8 Å². The molecule has 35 heavy (non-hydrogen) atoms. The van der Waals surface area contributed by atoms with Gasteiger partial charge in [0, 0.05) is 12.5 Å². The maximum atomic E-state index is 12.6. The number of carbonyl (C=O) groups is 2. The predicted octanol–water partition coefficient (Wildman–Crippen LogP) is -4.50. The Hall–Kier alpha value is -2.24. The lowest BCUT2D eigenvalue weighted by Crippen LogP contribution is -2.75. The first-order valence-corrected chi connectivity index (χ1v) is 10.8. The third-order valence-corrected chi connectivity index (χ3v) is 5.88. The fourth-order valence-corrected chi connectivity index (χ4v) is 4.02. The minimum absolute atomic E-state index is 0.0911. The lowest BCUT2D eigenvalue weighted by Gasteiger charge is -2.50. The van der Waals surface area contributed by atoms with Gasteiger partial charge in [-0.2, -0.15) is 0 Å². The van der Waals surface area contributed by atoms with Crippen LogP contribution >= 0.6 is 0 Å². The molecule has 10 atom stereocenters. The summed E-state index contributed by atoms with van der Waals surface area (Å²) in [6.07, 6.45) is -13.9. The molecular weight excluding hydrogens is 472 g/mol. The molecule has 0 aromatic heterocycles. The Morgan fingerprint density at radius 3 is 2.20 bits per heavy atom. The fourth-order valence-electron chi connectivity index (χ4n) is 4.02. The molecule has 2 amide bonds. The third kappa shape index (κ3) is 5.62. The molecule has 9 N–H and O–H groups in total. The average molecular weight is 502 g/mol. The molecule has 2 heterocycles. The van der Waals surface area contributed by atoms with Crippen LogP contribution in [0.2, 0.25) is 0 Å². The molecule has 14 nitrogen and oxygen atoms in total. The van der Waals surface area contributed by atoms with E-state index in [0.717, 1.165) is 6.92 Å². The van der Waals surface area contributed by atoms with Gasteiger partial charge in [0.1, 0.15) is 36.6 Å². The minimum atomic E-state index is -2.78. The summed E-state index contributed by atoms with van der Waals surface area (Å²) in [4.78, 5) is 24.1. The monoisotopic (exact) mass is 502 g/mol. The molecule has 1 aromatic carbocycles. The molecule has 0 spiro atoms. The first-order chi connectivity index (χ1) is 16.5. The van der Waals surface area contributed by atoms with Gasteiger partial charge in [-0.25, -0.2) is 0 Å². The molecule has 2 aliphatic heterocycles. The number of rotatable bonds is 7. The van der Waals surface area contributed by atoms with E-state index in [1.54, 1.807) is 18.2 Å². The summed E-state index contributed by atoms with van der Waals surface area (Å²) in [6, 6.07) is 6.20. The number of aliphatic hydroxyl groups is 7. The average Bonchev–Trinajstić information content (AvgIpc) is 2.84. The smallest absolute Gasteiger partial charge is 0.253 e. The summed E-state index contributed by atoms with van der Waals surface area (Å²) in [5, 5.41) is 77.0. The highest BCUT2D eigenvalue weighted by Crippen LogP contribution is 2.32. The summed E-state index contributed by atoms with van der Waals surface area (Å²) in [7, 11) is 0. The molecule has 3 rings (SSSR count). The summed E-state index contributed by atoms with van der Waals surface area (Å²) >= 11 is 0. The highest BCUT2D eigenvalue weighted by molar-refractivity contribution is 5.94. The molecule has 2 aliphatic rings. The molecule has 0 aliphatic carbocycles. The number of aliphatic hydroxyl groups excluding tert-OH is 6. The van der Waals surface area contributed by atoms with Gasteiger partial charge >= 0.3 is 0 Å². The second-order valence-corrected chi connectivity index (χ2v) is 8.33. The molecule has 2 saturated heterocycles. The summed E-state index contributed by atoms with van der Waals surface area (Å²) in [5.74, 6) is -1.49. The molecule has 0 saturated carbocycles. The number of hydrogen-bond donors (Lipinski definition) is 9. The second kappa shape index (κ2) is 11.2. The van der Waals surface area contributed by atoms with E-state index in [1.165, 1.54) is 12.1 Å².